The summed E-state index contributed by atoms with van der Waals surface area (Å²) < 4.78 is 0. The zero-order valence-corrected chi connectivity index (χ0v) is 19.9. The Morgan fingerprint density at radius 1 is 0.938 bits per heavy atom. The van der Waals surface area contributed by atoms with Crippen molar-refractivity contribution in [2.45, 2.75) is 36.0 Å². The Bertz CT molecular complexity index is 1200. The van der Waals surface area contributed by atoms with Crippen LogP contribution in [0.3, 0.4) is 0 Å². The number of hydrogen-bond acceptors (Lipinski definition) is 4. The molecule has 4 nitrogen and oxygen atoms in total. The highest BCUT2D eigenvalue weighted by Crippen LogP contribution is 2.34. The average molecular weight is 460 g/mol. The number of carbonyl (C=O) groups excluding carboxylic acids is 1. The Kier molecular flexibility index (Phi) is 6.63. The van der Waals surface area contributed by atoms with Gasteiger partial charge in [0.15, 0.2) is 0 Å². The van der Waals surface area contributed by atoms with Crippen molar-refractivity contribution >= 4 is 40.5 Å². The van der Waals surface area contributed by atoms with Gasteiger partial charge in [0.2, 0.25) is 0 Å². The Labute approximate surface area is 197 Å². The number of nitrogens with one attached hydrogen (secondary N) is 2. The minimum Gasteiger partial charge on any atom is -0.308 e. The van der Waals surface area contributed by atoms with E-state index in [2.05, 4.69) is 66.0 Å². The van der Waals surface area contributed by atoms with Crippen LogP contribution in [0.25, 0.3) is 11.1 Å². The van der Waals surface area contributed by atoms with Gasteiger partial charge in [-0.3, -0.25) is 4.98 Å². The van der Waals surface area contributed by atoms with Gasteiger partial charge in [-0.05, 0) is 69.8 Å². The molecule has 32 heavy (non-hydrogen) atoms. The van der Waals surface area contributed by atoms with Crippen molar-refractivity contribution in [3.8, 4) is 11.1 Å². The van der Waals surface area contributed by atoms with E-state index in [-0.39, 0.29) is 11.4 Å². The van der Waals surface area contributed by atoms with Crippen LogP contribution in [0, 0.1) is 0 Å². The molecule has 0 bridgehead atoms. The van der Waals surface area contributed by atoms with E-state index in [0.29, 0.717) is 0 Å². The second kappa shape index (κ2) is 9.59. The molecule has 2 aromatic heterocycles. The number of carbonyl (C=O) groups is 1. The van der Waals surface area contributed by atoms with E-state index in [1.807, 2.05) is 41.8 Å². The number of nitrogens with zero attached hydrogens (tertiary/aromatic N) is 1. The topological polar surface area (TPSA) is 54.0 Å². The van der Waals surface area contributed by atoms with Gasteiger partial charge < -0.3 is 10.6 Å². The average Bonchev–Trinajstić information content (AvgIpc) is 3.29. The number of aromatic nitrogens is 1. The highest BCUT2D eigenvalue weighted by atomic mass is 32.2. The van der Waals surface area contributed by atoms with Gasteiger partial charge in [0.05, 0.1) is 5.69 Å². The van der Waals surface area contributed by atoms with E-state index < -0.39 is 0 Å². The summed E-state index contributed by atoms with van der Waals surface area (Å²) in [5, 5.41) is 10.2. The Morgan fingerprint density at radius 2 is 1.75 bits per heavy atom. The minimum absolute atomic E-state index is 0.0153. The second-order valence-electron chi connectivity index (χ2n) is 8.41. The molecule has 2 N–H and O–H groups in total. The molecule has 0 saturated heterocycles. The molecule has 2 amide bonds. The third-order valence-electron chi connectivity index (χ3n) is 4.94. The lowest BCUT2D eigenvalue weighted by molar-refractivity contribution is 0.262. The lowest BCUT2D eigenvalue weighted by atomic mass is 9.85. The first-order valence-electron chi connectivity index (χ1n) is 10.3. The molecule has 2 heterocycles. The predicted molar refractivity (Wildman–Crippen MR) is 136 cm³/mol. The molecule has 0 saturated carbocycles. The molecule has 4 aromatic rings. The van der Waals surface area contributed by atoms with Crippen molar-refractivity contribution in [3.63, 3.8) is 0 Å². The monoisotopic (exact) mass is 459 g/mol. The van der Waals surface area contributed by atoms with Crippen molar-refractivity contribution in [2.24, 2.45) is 0 Å². The number of anilines is 2. The number of pyridine rings is 1. The van der Waals surface area contributed by atoms with Crippen LogP contribution in [0.5, 0.6) is 0 Å². The van der Waals surface area contributed by atoms with Crippen LogP contribution < -0.4 is 10.6 Å². The van der Waals surface area contributed by atoms with Gasteiger partial charge in [0.1, 0.15) is 0 Å². The highest BCUT2D eigenvalue weighted by molar-refractivity contribution is 7.99. The molecule has 0 spiro atoms. The van der Waals surface area contributed by atoms with Crippen molar-refractivity contribution < 1.29 is 4.79 Å². The molecule has 0 unspecified atom stereocenters. The fourth-order valence-electron chi connectivity index (χ4n) is 3.25. The predicted octanol–water partition coefficient (Wildman–Crippen LogP) is 7.90. The van der Waals surface area contributed by atoms with Crippen molar-refractivity contribution in [1.82, 2.24) is 4.98 Å². The van der Waals surface area contributed by atoms with Gasteiger partial charge in [-0.25, -0.2) is 4.79 Å². The van der Waals surface area contributed by atoms with E-state index >= 15 is 0 Å². The molecule has 0 aliphatic rings. The third-order valence-corrected chi connectivity index (χ3v) is 6.62. The van der Waals surface area contributed by atoms with Crippen LogP contribution in [-0.4, -0.2) is 11.0 Å². The van der Waals surface area contributed by atoms with E-state index in [4.69, 9.17) is 0 Å². The lowest BCUT2D eigenvalue weighted by Crippen LogP contribution is -2.20. The van der Waals surface area contributed by atoms with Crippen LogP contribution in [0.4, 0.5) is 16.2 Å². The largest absolute Gasteiger partial charge is 0.323 e. The molecular weight excluding hydrogens is 434 g/mol. The number of amides is 2. The minimum atomic E-state index is -0.265. The summed E-state index contributed by atoms with van der Waals surface area (Å²) in [6.07, 6.45) is 3.54. The van der Waals surface area contributed by atoms with Crippen molar-refractivity contribution in [1.29, 1.82) is 0 Å². The molecule has 4 rings (SSSR count). The summed E-state index contributed by atoms with van der Waals surface area (Å²) >= 11 is 3.27. The quantitative estimate of drug-likeness (QED) is 0.319. The van der Waals surface area contributed by atoms with Crippen molar-refractivity contribution in [2.75, 3.05) is 10.6 Å². The normalized spacial score (nSPS) is 11.2. The standard InChI is InChI=1S/C26H25N3OS2/c1-26(2,3)19-7-8-23(18-11-14-31-17-18)24(15-19)29-25(30)28-20-5-4-6-22(16-20)32-21-9-12-27-13-10-21/h4-17H,1-3H3,(H2,28,29,30). The van der Waals surface area contributed by atoms with Gasteiger partial charge in [0, 0.05) is 33.4 Å². The molecule has 0 fully saturated rings. The SMILES string of the molecule is CC(C)(C)c1ccc(-c2ccsc2)c(NC(=O)Nc2cccc(Sc3ccncc3)c2)c1. The summed E-state index contributed by atoms with van der Waals surface area (Å²) in [7, 11) is 0. The molecule has 6 heteroatoms. The van der Waals surface area contributed by atoms with Gasteiger partial charge in [-0.2, -0.15) is 11.3 Å². The van der Waals surface area contributed by atoms with Crippen LogP contribution in [-0.2, 0) is 5.41 Å². The number of benzene rings is 2. The van der Waals surface area contributed by atoms with E-state index in [9.17, 15) is 4.79 Å². The first-order chi connectivity index (χ1) is 15.4. The molecule has 0 aliphatic heterocycles. The number of urea groups is 1. The molecule has 0 aliphatic carbocycles. The zero-order chi connectivity index (χ0) is 22.6. The summed E-state index contributed by atoms with van der Waals surface area (Å²) in [5.41, 5.74) is 4.81. The smallest absolute Gasteiger partial charge is 0.308 e. The number of thiophene rings is 1. The maximum Gasteiger partial charge on any atom is 0.323 e. The fraction of sp³-hybridized carbons (Fsp3) is 0.154. The summed E-state index contributed by atoms with van der Waals surface area (Å²) in [5.74, 6) is 0. The van der Waals surface area contributed by atoms with Crippen LogP contribution in [0.1, 0.15) is 26.3 Å². The van der Waals surface area contributed by atoms with Crippen LogP contribution >= 0.6 is 23.1 Å². The van der Waals surface area contributed by atoms with Crippen molar-refractivity contribution in [3.05, 3.63) is 89.4 Å². The first-order valence-corrected chi connectivity index (χ1v) is 12.1. The van der Waals surface area contributed by atoms with E-state index in [1.165, 1.54) is 5.56 Å². The molecule has 0 radical (unpaired) electrons. The summed E-state index contributed by atoms with van der Waals surface area (Å²) in [6.45, 7) is 6.51. The van der Waals surface area contributed by atoms with Gasteiger partial charge >= 0.3 is 6.03 Å². The Morgan fingerprint density at radius 3 is 2.47 bits per heavy atom. The Balaban J connectivity index is 1.53. The number of hydrogen-bond donors (Lipinski definition) is 2. The molecule has 162 valence electrons. The molecule has 2 aromatic carbocycles. The molecular formula is C26H25N3OS2. The van der Waals surface area contributed by atoms with E-state index in [1.54, 1.807) is 35.5 Å². The van der Waals surface area contributed by atoms with E-state index in [0.717, 1.165) is 32.3 Å². The molecule has 0 atom stereocenters. The number of rotatable bonds is 5. The Hall–Kier alpha value is -3.09. The summed E-state index contributed by atoms with van der Waals surface area (Å²) in [6, 6.07) is 19.8. The van der Waals surface area contributed by atoms with Gasteiger partial charge in [-0.15, -0.1) is 0 Å². The van der Waals surface area contributed by atoms with Crippen LogP contribution in [0.15, 0.2) is 93.6 Å². The fourth-order valence-corrected chi connectivity index (χ4v) is 4.77. The maximum absolute atomic E-state index is 12.9. The summed E-state index contributed by atoms with van der Waals surface area (Å²) in [4.78, 5) is 19.1. The second-order valence-corrected chi connectivity index (χ2v) is 10.3. The van der Waals surface area contributed by atoms with Gasteiger partial charge in [-0.1, -0.05) is 50.7 Å². The van der Waals surface area contributed by atoms with Gasteiger partial charge in [0.25, 0.3) is 0 Å². The lowest BCUT2D eigenvalue weighted by Gasteiger charge is -2.21. The highest BCUT2D eigenvalue weighted by Gasteiger charge is 2.17. The maximum atomic E-state index is 12.9. The first kappa shape index (κ1) is 22.1. The van der Waals surface area contributed by atoms with Crippen LogP contribution in [0.2, 0.25) is 0 Å². The zero-order valence-electron chi connectivity index (χ0n) is 18.3. The third kappa shape index (κ3) is 5.58.